The normalized spacial score (nSPS) is 10.5. The summed E-state index contributed by atoms with van der Waals surface area (Å²) in [5.41, 5.74) is 2.05. The molecule has 0 N–H and O–H groups in total. The fourth-order valence-corrected chi connectivity index (χ4v) is 1.35. The van der Waals surface area contributed by atoms with Crippen LogP contribution in [0.2, 0.25) is 0 Å². The number of methoxy groups -OCH3 is 1. The molecule has 0 unspecified atom stereocenters. The third kappa shape index (κ3) is 5.11. The van der Waals surface area contributed by atoms with E-state index in [1.807, 2.05) is 24.3 Å². The van der Waals surface area contributed by atoms with E-state index >= 15 is 0 Å². The van der Waals surface area contributed by atoms with Gasteiger partial charge in [0.1, 0.15) is 5.78 Å². The molecule has 1 rings (SSSR count). The summed E-state index contributed by atoms with van der Waals surface area (Å²) < 4.78 is 4.50. The van der Waals surface area contributed by atoms with Crippen LogP contribution in [-0.2, 0) is 20.7 Å². The van der Waals surface area contributed by atoms with Gasteiger partial charge in [-0.1, -0.05) is 24.3 Å². The Morgan fingerprint density at radius 2 is 1.88 bits per heavy atom. The van der Waals surface area contributed by atoms with Crippen molar-refractivity contribution in [2.75, 3.05) is 7.11 Å². The third-order valence-corrected chi connectivity index (χ3v) is 2.36. The van der Waals surface area contributed by atoms with Gasteiger partial charge in [-0.05, 0) is 30.5 Å². The van der Waals surface area contributed by atoms with Crippen LogP contribution in [0.1, 0.15) is 24.5 Å². The minimum absolute atomic E-state index is 0.194. The van der Waals surface area contributed by atoms with E-state index in [4.69, 9.17) is 0 Å². The topological polar surface area (TPSA) is 43.4 Å². The molecule has 3 nitrogen and oxygen atoms in total. The standard InChI is InChI=1S/C14H16O3/c1-11(15)3-4-12-5-7-13(8-6-12)9-10-14(16)17-2/h5-10H,3-4H2,1-2H3. The van der Waals surface area contributed by atoms with E-state index in [0.717, 1.165) is 17.5 Å². The van der Waals surface area contributed by atoms with Gasteiger partial charge in [0.2, 0.25) is 0 Å². The predicted octanol–water partition coefficient (Wildman–Crippen LogP) is 2.39. The van der Waals surface area contributed by atoms with Crippen LogP contribution in [0.5, 0.6) is 0 Å². The first-order valence-electron chi connectivity index (χ1n) is 5.46. The van der Waals surface area contributed by atoms with E-state index in [1.54, 1.807) is 13.0 Å². The van der Waals surface area contributed by atoms with Crippen LogP contribution in [0, 0.1) is 0 Å². The Morgan fingerprint density at radius 3 is 2.41 bits per heavy atom. The number of benzene rings is 1. The first-order valence-corrected chi connectivity index (χ1v) is 5.46. The van der Waals surface area contributed by atoms with Gasteiger partial charge >= 0.3 is 5.97 Å². The molecule has 1 aromatic carbocycles. The molecule has 17 heavy (non-hydrogen) atoms. The highest BCUT2D eigenvalue weighted by atomic mass is 16.5. The number of ether oxygens (including phenoxy) is 1. The SMILES string of the molecule is COC(=O)C=Cc1ccc(CCC(C)=O)cc1. The van der Waals surface area contributed by atoms with Gasteiger partial charge in [0.15, 0.2) is 0 Å². The highest BCUT2D eigenvalue weighted by molar-refractivity contribution is 5.86. The summed E-state index contributed by atoms with van der Waals surface area (Å²) in [6.07, 6.45) is 4.40. The Kier molecular flexibility index (Phi) is 5.14. The fourth-order valence-electron chi connectivity index (χ4n) is 1.35. The van der Waals surface area contributed by atoms with Crippen LogP contribution in [0.15, 0.2) is 30.3 Å². The summed E-state index contributed by atoms with van der Waals surface area (Å²) in [6, 6.07) is 7.74. The second-order valence-corrected chi connectivity index (χ2v) is 3.80. The molecule has 0 bridgehead atoms. The maximum atomic E-state index is 10.9. The zero-order valence-corrected chi connectivity index (χ0v) is 10.1. The minimum atomic E-state index is -0.370. The summed E-state index contributed by atoms with van der Waals surface area (Å²) in [6.45, 7) is 1.59. The van der Waals surface area contributed by atoms with Crippen LogP contribution in [0.25, 0.3) is 6.08 Å². The molecule has 90 valence electrons. The quantitative estimate of drug-likeness (QED) is 0.578. The van der Waals surface area contributed by atoms with Crippen molar-refractivity contribution in [2.45, 2.75) is 19.8 Å². The predicted molar refractivity (Wildman–Crippen MR) is 66.5 cm³/mol. The summed E-state index contributed by atoms with van der Waals surface area (Å²) in [4.78, 5) is 21.7. The maximum absolute atomic E-state index is 10.9. The van der Waals surface area contributed by atoms with Crippen molar-refractivity contribution in [1.29, 1.82) is 0 Å². The first-order chi connectivity index (χ1) is 8.11. The smallest absolute Gasteiger partial charge is 0.330 e. The van der Waals surface area contributed by atoms with Gasteiger partial charge < -0.3 is 9.53 Å². The van der Waals surface area contributed by atoms with Gasteiger partial charge in [-0.25, -0.2) is 4.79 Å². The molecule has 1 aromatic rings. The van der Waals surface area contributed by atoms with Gasteiger partial charge in [-0.15, -0.1) is 0 Å². The molecule has 3 heteroatoms. The van der Waals surface area contributed by atoms with Gasteiger partial charge in [0, 0.05) is 12.5 Å². The molecule has 0 saturated carbocycles. The number of esters is 1. The maximum Gasteiger partial charge on any atom is 0.330 e. The second kappa shape index (κ2) is 6.63. The second-order valence-electron chi connectivity index (χ2n) is 3.80. The highest BCUT2D eigenvalue weighted by Crippen LogP contribution is 2.08. The van der Waals surface area contributed by atoms with E-state index in [-0.39, 0.29) is 11.8 Å². The van der Waals surface area contributed by atoms with Crippen LogP contribution >= 0.6 is 0 Å². The number of aryl methyl sites for hydroxylation is 1. The van der Waals surface area contributed by atoms with Crippen molar-refractivity contribution in [2.24, 2.45) is 0 Å². The van der Waals surface area contributed by atoms with Crippen molar-refractivity contribution in [3.05, 3.63) is 41.5 Å². The van der Waals surface area contributed by atoms with E-state index in [0.29, 0.717) is 6.42 Å². The Morgan fingerprint density at radius 1 is 1.24 bits per heavy atom. The van der Waals surface area contributed by atoms with Crippen LogP contribution in [-0.4, -0.2) is 18.9 Å². The molecule has 0 heterocycles. The molecular formula is C14H16O3. The minimum Gasteiger partial charge on any atom is -0.466 e. The van der Waals surface area contributed by atoms with Gasteiger partial charge in [-0.3, -0.25) is 0 Å². The molecule has 0 atom stereocenters. The number of hydrogen-bond donors (Lipinski definition) is 0. The van der Waals surface area contributed by atoms with Crippen molar-refractivity contribution < 1.29 is 14.3 Å². The first kappa shape index (κ1) is 13.2. The number of hydrogen-bond acceptors (Lipinski definition) is 3. The summed E-state index contributed by atoms with van der Waals surface area (Å²) in [5.74, 6) is -0.176. The third-order valence-electron chi connectivity index (χ3n) is 2.36. The molecule has 0 radical (unpaired) electrons. The zero-order valence-electron chi connectivity index (χ0n) is 10.1. The van der Waals surface area contributed by atoms with Crippen molar-refractivity contribution in [3.63, 3.8) is 0 Å². The van der Waals surface area contributed by atoms with Crippen LogP contribution in [0.4, 0.5) is 0 Å². The van der Waals surface area contributed by atoms with E-state index < -0.39 is 0 Å². The Labute approximate surface area is 101 Å². The van der Waals surface area contributed by atoms with Crippen molar-refractivity contribution in [3.8, 4) is 0 Å². The Balaban J connectivity index is 2.58. The lowest BCUT2D eigenvalue weighted by molar-refractivity contribution is -0.134. The number of ketones is 1. The zero-order chi connectivity index (χ0) is 12.7. The number of Topliss-reactive ketones (excluding diaryl/α,β-unsaturated/α-hetero) is 1. The lowest BCUT2D eigenvalue weighted by Crippen LogP contribution is -1.94. The van der Waals surface area contributed by atoms with E-state index in [1.165, 1.54) is 13.2 Å². The van der Waals surface area contributed by atoms with Crippen molar-refractivity contribution in [1.82, 2.24) is 0 Å². The van der Waals surface area contributed by atoms with E-state index in [9.17, 15) is 9.59 Å². The largest absolute Gasteiger partial charge is 0.466 e. The molecule has 0 aliphatic carbocycles. The van der Waals surface area contributed by atoms with Gasteiger partial charge in [0.05, 0.1) is 7.11 Å². The monoisotopic (exact) mass is 232 g/mol. The number of rotatable bonds is 5. The molecule has 0 fully saturated rings. The number of carbonyl (C=O) groups is 2. The van der Waals surface area contributed by atoms with Crippen LogP contribution in [0.3, 0.4) is 0 Å². The average Bonchev–Trinajstić information content (AvgIpc) is 2.34. The number of carbonyl (C=O) groups excluding carboxylic acids is 2. The highest BCUT2D eigenvalue weighted by Gasteiger charge is 1.97. The fraction of sp³-hybridized carbons (Fsp3) is 0.286. The van der Waals surface area contributed by atoms with Gasteiger partial charge in [-0.2, -0.15) is 0 Å². The molecular weight excluding hydrogens is 216 g/mol. The summed E-state index contributed by atoms with van der Waals surface area (Å²) in [7, 11) is 1.34. The lowest BCUT2D eigenvalue weighted by Gasteiger charge is -2.00. The van der Waals surface area contributed by atoms with Crippen LogP contribution < -0.4 is 0 Å². The molecule has 0 amide bonds. The average molecular weight is 232 g/mol. The molecule has 0 spiro atoms. The Hall–Kier alpha value is -1.90. The van der Waals surface area contributed by atoms with Crippen molar-refractivity contribution >= 4 is 17.8 Å². The summed E-state index contributed by atoms with van der Waals surface area (Å²) in [5, 5.41) is 0. The molecule has 0 saturated heterocycles. The molecule has 0 aliphatic rings. The molecule has 0 aliphatic heterocycles. The van der Waals surface area contributed by atoms with E-state index in [2.05, 4.69) is 4.74 Å². The summed E-state index contributed by atoms with van der Waals surface area (Å²) >= 11 is 0. The Bertz CT molecular complexity index is 416. The molecule has 0 aromatic heterocycles. The lowest BCUT2D eigenvalue weighted by atomic mass is 10.1. The van der Waals surface area contributed by atoms with Gasteiger partial charge in [0.25, 0.3) is 0 Å².